The van der Waals surface area contributed by atoms with Gasteiger partial charge in [0.05, 0.1) is 19.3 Å². The van der Waals surface area contributed by atoms with Crippen molar-refractivity contribution in [2.24, 2.45) is 7.05 Å². The molecule has 1 aliphatic rings. The number of morpholine rings is 1. The maximum Gasteiger partial charge on any atom is 0.264 e. The van der Waals surface area contributed by atoms with Gasteiger partial charge in [-0.1, -0.05) is 6.07 Å². The van der Waals surface area contributed by atoms with Crippen molar-refractivity contribution >= 4 is 5.91 Å². The van der Waals surface area contributed by atoms with Crippen LogP contribution in [0.4, 0.5) is 4.39 Å². The quantitative estimate of drug-likeness (QED) is 0.864. The summed E-state index contributed by atoms with van der Waals surface area (Å²) in [6.07, 6.45) is 1.24. The van der Waals surface area contributed by atoms with Gasteiger partial charge in [0.15, 0.2) is 6.10 Å². The van der Waals surface area contributed by atoms with Gasteiger partial charge < -0.3 is 18.9 Å². The largest absolute Gasteiger partial charge is 0.481 e. The van der Waals surface area contributed by atoms with Crippen molar-refractivity contribution in [1.29, 1.82) is 0 Å². The first kappa shape index (κ1) is 16.5. The van der Waals surface area contributed by atoms with Gasteiger partial charge in [-0.2, -0.15) is 0 Å². The number of nitrogens with zero attached hydrogens (tertiary/aromatic N) is 2. The molecular weight excluding hydrogens is 311 g/mol. The number of aromatic nitrogens is 1. The Morgan fingerprint density at radius 1 is 1.38 bits per heavy atom. The first-order chi connectivity index (χ1) is 11.6. The molecule has 1 aromatic carbocycles. The maximum atomic E-state index is 13.3. The highest BCUT2D eigenvalue weighted by atomic mass is 19.1. The minimum atomic E-state index is -0.701. The molecule has 3 rings (SSSR count). The van der Waals surface area contributed by atoms with Crippen molar-refractivity contribution < 1.29 is 18.7 Å². The summed E-state index contributed by atoms with van der Waals surface area (Å²) in [5.74, 6) is -0.173. The third-order valence-corrected chi connectivity index (χ3v) is 4.19. The van der Waals surface area contributed by atoms with Gasteiger partial charge in [-0.15, -0.1) is 0 Å². The molecule has 1 amide bonds. The molecule has 1 fully saturated rings. The van der Waals surface area contributed by atoms with Crippen molar-refractivity contribution in [3.8, 4) is 5.75 Å². The van der Waals surface area contributed by atoms with E-state index in [-0.39, 0.29) is 17.8 Å². The predicted molar refractivity (Wildman–Crippen MR) is 87.2 cm³/mol. The van der Waals surface area contributed by atoms with Gasteiger partial charge in [-0.25, -0.2) is 4.39 Å². The van der Waals surface area contributed by atoms with E-state index >= 15 is 0 Å². The summed E-state index contributed by atoms with van der Waals surface area (Å²) < 4.78 is 26.4. The Morgan fingerprint density at radius 2 is 2.21 bits per heavy atom. The normalized spacial score (nSPS) is 19.1. The number of hydrogen-bond donors (Lipinski definition) is 0. The lowest BCUT2D eigenvalue weighted by Gasteiger charge is -2.37. The van der Waals surface area contributed by atoms with Crippen molar-refractivity contribution in [1.82, 2.24) is 9.47 Å². The Morgan fingerprint density at radius 3 is 2.92 bits per heavy atom. The highest BCUT2D eigenvalue weighted by Crippen LogP contribution is 2.26. The van der Waals surface area contributed by atoms with Crippen LogP contribution in [0.5, 0.6) is 5.75 Å². The van der Waals surface area contributed by atoms with E-state index in [2.05, 4.69) is 0 Å². The van der Waals surface area contributed by atoms with Gasteiger partial charge in [0.25, 0.3) is 5.91 Å². The molecule has 2 aromatic rings. The lowest BCUT2D eigenvalue weighted by molar-refractivity contribution is -0.147. The highest BCUT2D eigenvalue weighted by molar-refractivity contribution is 5.81. The zero-order chi connectivity index (χ0) is 17.1. The first-order valence-corrected chi connectivity index (χ1v) is 7.98. The second-order valence-corrected chi connectivity index (χ2v) is 5.88. The molecule has 2 unspecified atom stereocenters. The molecule has 0 aliphatic carbocycles. The Labute approximate surface area is 140 Å². The van der Waals surface area contributed by atoms with Crippen LogP contribution in [0.3, 0.4) is 0 Å². The molecule has 0 N–H and O–H groups in total. The molecule has 2 atom stereocenters. The van der Waals surface area contributed by atoms with Gasteiger partial charge in [-0.3, -0.25) is 4.79 Å². The van der Waals surface area contributed by atoms with Gasteiger partial charge in [0, 0.05) is 31.5 Å². The fraction of sp³-hybridized carbons (Fsp3) is 0.389. The fourth-order valence-electron chi connectivity index (χ4n) is 2.96. The van der Waals surface area contributed by atoms with E-state index < -0.39 is 6.10 Å². The molecule has 0 spiro atoms. The number of carbonyl (C=O) groups excluding carboxylic acids is 1. The van der Waals surface area contributed by atoms with Crippen LogP contribution in [0.15, 0.2) is 42.6 Å². The van der Waals surface area contributed by atoms with Crippen LogP contribution < -0.4 is 4.74 Å². The SMILES string of the molecule is CC(Oc1cccc(F)c1)C(=O)N1CCOCC1c1cccn1C. The Kier molecular flexibility index (Phi) is 4.85. The van der Waals surface area contributed by atoms with E-state index in [1.807, 2.05) is 29.9 Å². The zero-order valence-corrected chi connectivity index (χ0v) is 13.8. The maximum absolute atomic E-state index is 13.3. The number of hydrogen-bond acceptors (Lipinski definition) is 3. The smallest absolute Gasteiger partial charge is 0.264 e. The van der Waals surface area contributed by atoms with Crippen LogP contribution in [0, 0.1) is 5.82 Å². The number of halogens is 1. The standard InChI is InChI=1S/C18H21FN2O3/c1-13(24-15-6-3-5-14(19)11-15)18(22)21-9-10-23-12-17(21)16-7-4-8-20(16)2/h3-8,11,13,17H,9-10,12H2,1-2H3. The molecule has 2 heterocycles. The Bertz CT molecular complexity index is 716. The van der Waals surface area contributed by atoms with Gasteiger partial charge >= 0.3 is 0 Å². The van der Waals surface area contributed by atoms with Gasteiger partial charge in [0.1, 0.15) is 11.6 Å². The molecular formula is C18H21FN2O3. The van der Waals surface area contributed by atoms with E-state index in [1.165, 1.54) is 12.1 Å². The van der Waals surface area contributed by atoms with E-state index in [4.69, 9.17) is 9.47 Å². The summed E-state index contributed by atoms with van der Waals surface area (Å²) >= 11 is 0. The zero-order valence-electron chi connectivity index (χ0n) is 13.8. The molecule has 1 aliphatic heterocycles. The van der Waals surface area contributed by atoms with Crippen LogP contribution in [0.2, 0.25) is 0 Å². The molecule has 5 nitrogen and oxygen atoms in total. The number of benzene rings is 1. The summed E-state index contributed by atoms with van der Waals surface area (Å²) in [5, 5.41) is 0. The number of ether oxygens (including phenoxy) is 2. The Balaban J connectivity index is 1.75. The van der Waals surface area contributed by atoms with Crippen LogP contribution >= 0.6 is 0 Å². The highest BCUT2D eigenvalue weighted by Gasteiger charge is 2.33. The van der Waals surface area contributed by atoms with Crippen molar-refractivity contribution in [2.75, 3.05) is 19.8 Å². The van der Waals surface area contributed by atoms with Gasteiger partial charge in [-0.05, 0) is 31.2 Å². The number of aryl methyl sites for hydroxylation is 1. The van der Waals surface area contributed by atoms with Gasteiger partial charge in [0.2, 0.25) is 0 Å². The molecule has 0 radical (unpaired) electrons. The van der Waals surface area contributed by atoms with Crippen molar-refractivity contribution in [3.05, 3.63) is 54.1 Å². The van der Waals surface area contributed by atoms with E-state index in [1.54, 1.807) is 24.0 Å². The monoisotopic (exact) mass is 332 g/mol. The Hall–Kier alpha value is -2.34. The van der Waals surface area contributed by atoms with E-state index in [9.17, 15) is 9.18 Å². The van der Waals surface area contributed by atoms with Crippen LogP contribution in [-0.4, -0.2) is 41.2 Å². The number of amides is 1. The molecule has 1 saturated heterocycles. The number of rotatable bonds is 4. The minimum absolute atomic E-state index is 0.131. The lowest BCUT2D eigenvalue weighted by atomic mass is 10.1. The molecule has 128 valence electrons. The second-order valence-electron chi connectivity index (χ2n) is 5.88. The number of carbonyl (C=O) groups is 1. The minimum Gasteiger partial charge on any atom is -0.481 e. The predicted octanol–water partition coefficient (Wildman–Crippen LogP) is 2.53. The lowest BCUT2D eigenvalue weighted by Crippen LogP contribution is -2.48. The van der Waals surface area contributed by atoms with Crippen LogP contribution in [0.1, 0.15) is 18.7 Å². The summed E-state index contributed by atoms with van der Waals surface area (Å²) in [6.45, 7) is 3.14. The molecule has 1 aromatic heterocycles. The molecule has 6 heteroatoms. The topological polar surface area (TPSA) is 43.7 Å². The van der Waals surface area contributed by atoms with Crippen molar-refractivity contribution in [3.63, 3.8) is 0 Å². The summed E-state index contributed by atoms with van der Waals surface area (Å²) in [5.41, 5.74) is 1.01. The molecule has 24 heavy (non-hydrogen) atoms. The average Bonchev–Trinajstić information content (AvgIpc) is 3.00. The van der Waals surface area contributed by atoms with Crippen LogP contribution in [0.25, 0.3) is 0 Å². The second kappa shape index (κ2) is 7.05. The third-order valence-electron chi connectivity index (χ3n) is 4.19. The molecule has 0 bridgehead atoms. The fourth-order valence-corrected chi connectivity index (χ4v) is 2.96. The van der Waals surface area contributed by atoms with Crippen LogP contribution in [-0.2, 0) is 16.6 Å². The van der Waals surface area contributed by atoms with Crippen molar-refractivity contribution in [2.45, 2.75) is 19.1 Å². The third kappa shape index (κ3) is 3.43. The summed E-state index contributed by atoms with van der Waals surface area (Å²) in [6, 6.07) is 9.59. The summed E-state index contributed by atoms with van der Waals surface area (Å²) in [4.78, 5) is 14.6. The summed E-state index contributed by atoms with van der Waals surface area (Å²) in [7, 11) is 1.94. The average molecular weight is 332 g/mol. The molecule has 0 saturated carbocycles. The van der Waals surface area contributed by atoms with E-state index in [0.29, 0.717) is 25.5 Å². The van der Waals surface area contributed by atoms with E-state index in [0.717, 1.165) is 5.69 Å². The first-order valence-electron chi connectivity index (χ1n) is 7.98.